The first-order chi connectivity index (χ1) is 13.9. The number of nitrogens with one attached hydrogen (secondary N) is 1. The maximum Gasteiger partial charge on any atom is 0.243 e. The Morgan fingerprint density at radius 1 is 1.10 bits per heavy atom. The summed E-state index contributed by atoms with van der Waals surface area (Å²) in [7, 11) is -1.56. The average molecular weight is 436 g/mol. The van der Waals surface area contributed by atoms with E-state index in [1.165, 1.54) is 10.4 Å². The Morgan fingerprint density at radius 3 is 2.34 bits per heavy atom. The van der Waals surface area contributed by atoms with E-state index in [4.69, 9.17) is 0 Å². The maximum absolute atomic E-state index is 12.8. The first-order valence-corrected chi connectivity index (χ1v) is 12.3. The number of sulfonamides is 1. The molecule has 1 aromatic carbocycles. The minimum Gasteiger partial charge on any atom is -0.325 e. The van der Waals surface area contributed by atoms with Gasteiger partial charge in [0.05, 0.1) is 11.4 Å². The molecular weight excluding hydrogens is 406 g/mol. The summed E-state index contributed by atoms with van der Waals surface area (Å²) >= 11 is 1.69. The lowest BCUT2D eigenvalue weighted by atomic mass is 10.2. The van der Waals surface area contributed by atoms with Crippen molar-refractivity contribution >= 4 is 33.0 Å². The molecule has 1 aliphatic heterocycles. The van der Waals surface area contributed by atoms with Gasteiger partial charge in [0.2, 0.25) is 15.9 Å². The van der Waals surface area contributed by atoms with Crippen LogP contribution < -0.4 is 5.32 Å². The summed E-state index contributed by atoms with van der Waals surface area (Å²) in [6.07, 6.45) is 3.98. The Labute approximate surface area is 177 Å². The topological polar surface area (TPSA) is 69.7 Å². The van der Waals surface area contributed by atoms with Crippen LogP contribution in [0.2, 0.25) is 0 Å². The smallest absolute Gasteiger partial charge is 0.243 e. The molecule has 1 aromatic heterocycles. The quantitative estimate of drug-likeness (QED) is 0.720. The Morgan fingerprint density at radius 2 is 1.76 bits per heavy atom. The molecule has 0 radical (unpaired) electrons. The fourth-order valence-electron chi connectivity index (χ4n) is 3.45. The molecule has 158 valence electrons. The molecule has 1 saturated heterocycles. The lowest BCUT2D eigenvalue weighted by molar-refractivity contribution is -0.117. The number of amides is 1. The van der Waals surface area contributed by atoms with Gasteiger partial charge in [-0.05, 0) is 68.1 Å². The molecule has 29 heavy (non-hydrogen) atoms. The molecule has 0 spiro atoms. The number of thiophene rings is 1. The normalized spacial score (nSPS) is 16.0. The zero-order chi connectivity index (χ0) is 20.9. The largest absolute Gasteiger partial charge is 0.325 e. The van der Waals surface area contributed by atoms with Crippen LogP contribution in [0.4, 0.5) is 5.69 Å². The van der Waals surface area contributed by atoms with Crippen LogP contribution in [0.5, 0.6) is 0 Å². The number of nitrogens with zero attached hydrogens (tertiary/aromatic N) is 2. The van der Waals surface area contributed by atoms with E-state index in [-0.39, 0.29) is 17.3 Å². The fraction of sp³-hybridized carbons (Fsp3) is 0.476. The molecular formula is C21H29N3O3S2. The van der Waals surface area contributed by atoms with Crippen molar-refractivity contribution in [2.45, 2.75) is 44.0 Å². The number of anilines is 1. The molecule has 1 fully saturated rings. The molecule has 2 aromatic rings. The number of hydrogen-bond donors (Lipinski definition) is 1. The summed E-state index contributed by atoms with van der Waals surface area (Å²) in [5.74, 6) is -0.121. The summed E-state index contributed by atoms with van der Waals surface area (Å²) in [6, 6.07) is 8.55. The third-order valence-electron chi connectivity index (χ3n) is 5.14. The molecule has 0 bridgehead atoms. The van der Waals surface area contributed by atoms with E-state index >= 15 is 0 Å². The molecule has 3 rings (SSSR count). The molecule has 0 aliphatic carbocycles. The minimum absolute atomic E-state index is 0.121. The molecule has 2 heterocycles. The fourth-order valence-corrected chi connectivity index (χ4v) is 5.96. The van der Waals surface area contributed by atoms with Crippen molar-refractivity contribution in [1.82, 2.24) is 9.21 Å². The van der Waals surface area contributed by atoms with Gasteiger partial charge >= 0.3 is 0 Å². The summed E-state index contributed by atoms with van der Waals surface area (Å²) in [4.78, 5) is 15.8. The molecule has 1 aliphatic rings. The highest BCUT2D eigenvalue weighted by Gasteiger charge is 2.25. The van der Waals surface area contributed by atoms with E-state index in [0.29, 0.717) is 18.8 Å². The van der Waals surface area contributed by atoms with Gasteiger partial charge in [-0.3, -0.25) is 9.69 Å². The van der Waals surface area contributed by atoms with Gasteiger partial charge in [0.1, 0.15) is 0 Å². The van der Waals surface area contributed by atoms with Gasteiger partial charge in [0, 0.05) is 30.2 Å². The number of benzene rings is 1. The molecule has 8 heteroatoms. The molecule has 0 unspecified atom stereocenters. The third kappa shape index (κ3) is 5.88. The Bertz CT molecular complexity index is 915. The van der Waals surface area contributed by atoms with Crippen LogP contribution >= 0.6 is 11.3 Å². The van der Waals surface area contributed by atoms with Crippen LogP contribution in [0.1, 0.15) is 36.1 Å². The lowest BCUT2D eigenvalue weighted by Gasteiger charge is -2.20. The Balaban J connectivity index is 1.57. The van der Waals surface area contributed by atoms with Gasteiger partial charge < -0.3 is 5.32 Å². The third-order valence-corrected chi connectivity index (χ3v) is 8.06. The molecule has 6 nitrogen and oxygen atoms in total. The average Bonchev–Trinajstić information content (AvgIpc) is 2.92. The number of carbonyl (C=O) groups excluding carboxylic acids is 1. The molecule has 0 atom stereocenters. The van der Waals surface area contributed by atoms with E-state index in [1.807, 2.05) is 11.9 Å². The van der Waals surface area contributed by atoms with Crippen LogP contribution in [0.15, 0.2) is 40.6 Å². The highest BCUT2D eigenvalue weighted by atomic mass is 32.2. The number of rotatable bonds is 7. The zero-order valence-corrected chi connectivity index (χ0v) is 18.7. The Hall–Kier alpha value is -1.74. The SMILES string of the molecule is Cc1ccsc1CN(C)CC(=O)Nc1ccc(S(=O)(=O)N2CCCCCC2)cc1. The minimum atomic E-state index is -3.47. The molecule has 0 saturated carbocycles. The highest BCUT2D eigenvalue weighted by Crippen LogP contribution is 2.22. The van der Waals surface area contributed by atoms with Crippen molar-refractivity contribution in [2.24, 2.45) is 0 Å². The second-order valence-electron chi connectivity index (χ2n) is 7.59. The summed E-state index contributed by atoms with van der Waals surface area (Å²) in [6.45, 7) is 4.23. The van der Waals surface area contributed by atoms with Crippen LogP contribution in [-0.4, -0.2) is 50.2 Å². The van der Waals surface area contributed by atoms with E-state index in [1.54, 1.807) is 39.9 Å². The van der Waals surface area contributed by atoms with Gasteiger partial charge in [0.25, 0.3) is 0 Å². The number of carbonyl (C=O) groups is 1. The maximum atomic E-state index is 12.8. The van der Waals surface area contributed by atoms with Crippen molar-refractivity contribution in [3.05, 3.63) is 46.2 Å². The van der Waals surface area contributed by atoms with Crippen LogP contribution in [0.25, 0.3) is 0 Å². The number of likely N-dealkylation sites (N-methyl/N-ethyl adjacent to an activating group) is 1. The Kier molecular flexibility index (Phi) is 7.45. The second kappa shape index (κ2) is 9.84. The van der Waals surface area contributed by atoms with Crippen molar-refractivity contribution in [3.8, 4) is 0 Å². The lowest BCUT2D eigenvalue weighted by Crippen LogP contribution is -2.32. The van der Waals surface area contributed by atoms with Crippen molar-refractivity contribution in [1.29, 1.82) is 0 Å². The van der Waals surface area contributed by atoms with E-state index < -0.39 is 10.0 Å². The van der Waals surface area contributed by atoms with Crippen LogP contribution in [0.3, 0.4) is 0 Å². The van der Waals surface area contributed by atoms with Gasteiger partial charge in [0.15, 0.2) is 0 Å². The van der Waals surface area contributed by atoms with Crippen molar-refractivity contribution in [2.75, 3.05) is 32.0 Å². The number of aryl methyl sites for hydroxylation is 1. The first-order valence-electron chi connectivity index (χ1n) is 9.98. The summed E-state index contributed by atoms with van der Waals surface area (Å²) in [5.41, 5.74) is 1.84. The predicted molar refractivity (Wildman–Crippen MR) is 118 cm³/mol. The van der Waals surface area contributed by atoms with Gasteiger partial charge in [-0.25, -0.2) is 8.42 Å². The molecule has 1 amide bonds. The highest BCUT2D eigenvalue weighted by molar-refractivity contribution is 7.89. The van der Waals surface area contributed by atoms with E-state index in [2.05, 4.69) is 23.7 Å². The summed E-state index contributed by atoms with van der Waals surface area (Å²) in [5, 5.41) is 4.90. The van der Waals surface area contributed by atoms with E-state index in [0.717, 1.165) is 32.2 Å². The van der Waals surface area contributed by atoms with Crippen molar-refractivity contribution < 1.29 is 13.2 Å². The van der Waals surface area contributed by atoms with Gasteiger partial charge in [-0.15, -0.1) is 11.3 Å². The zero-order valence-electron chi connectivity index (χ0n) is 17.1. The van der Waals surface area contributed by atoms with Crippen LogP contribution in [0, 0.1) is 6.92 Å². The van der Waals surface area contributed by atoms with E-state index in [9.17, 15) is 13.2 Å². The summed E-state index contributed by atoms with van der Waals surface area (Å²) < 4.78 is 27.2. The van der Waals surface area contributed by atoms with Gasteiger partial charge in [-0.2, -0.15) is 4.31 Å². The molecule has 1 N–H and O–H groups in total. The first kappa shape index (κ1) is 22.0. The van der Waals surface area contributed by atoms with Crippen LogP contribution in [-0.2, 0) is 21.4 Å². The second-order valence-corrected chi connectivity index (χ2v) is 10.5. The predicted octanol–water partition coefficient (Wildman–Crippen LogP) is 3.69. The standard InChI is InChI=1S/C21H29N3O3S2/c1-17-11-14-28-20(17)15-23(2)16-21(25)22-18-7-9-19(10-8-18)29(26,27)24-12-5-3-4-6-13-24/h7-11,14H,3-6,12-13,15-16H2,1-2H3,(H,22,25). The van der Waals surface area contributed by atoms with Gasteiger partial charge in [-0.1, -0.05) is 12.8 Å². The monoisotopic (exact) mass is 435 g/mol. The van der Waals surface area contributed by atoms with Crippen molar-refractivity contribution in [3.63, 3.8) is 0 Å². The number of hydrogen-bond acceptors (Lipinski definition) is 5.